The molecule has 0 spiro atoms. The van der Waals surface area contributed by atoms with Gasteiger partial charge in [0.1, 0.15) is 0 Å². The molecule has 11 aromatic rings. The Bertz CT molecular complexity index is 3180. The van der Waals surface area contributed by atoms with Gasteiger partial charge < -0.3 is 4.57 Å². The molecule has 5 heteroatoms. The molecule has 4 nitrogen and oxygen atoms in total. The van der Waals surface area contributed by atoms with Crippen LogP contribution in [0.3, 0.4) is 0 Å². The second-order valence-corrected chi connectivity index (χ2v) is 15.1. The molecule has 8 aromatic carbocycles. The largest absolute Gasteiger partial charge is 0.309 e. The van der Waals surface area contributed by atoms with E-state index in [0.717, 1.165) is 33.4 Å². The Labute approximate surface area is 327 Å². The van der Waals surface area contributed by atoms with Crippen molar-refractivity contribution >= 4 is 53.3 Å². The highest BCUT2D eigenvalue weighted by Crippen LogP contribution is 2.38. The van der Waals surface area contributed by atoms with Gasteiger partial charge in [0.2, 0.25) is 0 Å². The number of para-hydroxylation sites is 1. The molecule has 56 heavy (non-hydrogen) atoms. The van der Waals surface area contributed by atoms with Crippen molar-refractivity contribution in [1.82, 2.24) is 19.5 Å². The Morgan fingerprint density at radius 3 is 1.50 bits per heavy atom. The van der Waals surface area contributed by atoms with E-state index in [1.165, 1.54) is 53.2 Å². The van der Waals surface area contributed by atoms with Gasteiger partial charge in [0.05, 0.1) is 11.0 Å². The first kappa shape index (κ1) is 32.2. The molecular formula is C51H32N4S. The van der Waals surface area contributed by atoms with Gasteiger partial charge in [0, 0.05) is 53.3 Å². The summed E-state index contributed by atoms with van der Waals surface area (Å²) in [5.41, 5.74) is 11.0. The van der Waals surface area contributed by atoms with Crippen LogP contribution in [0.1, 0.15) is 0 Å². The second kappa shape index (κ2) is 13.3. The summed E-state index contributed by atoms with van der Waals surface area (Å²) in [6, 6.07) is 68.7. The molecular weight excluding hydrogens is 701 g/mol. The zero-order valence-electron chi connectivity index (χ0n) is 30.2. The van der Waals surface area contributed by atoms with E-state index in [1.54, 1.807) is 0 Å². The van der Waals surface area contributed by atoms with Crippen LogP contribution in [-0.4, -0.2) is 19.5 Å². The number of benzene rings is 8. The van der Waals surface area contributed by atoms with E-state index in [4.69, 9.17) is 15.0 Å². The van der Waals surface area contributed by atoms with E-state index in [0.29, 0.717) is 17.5 Å². The molecule has 0 unspecified atom stereocenters. The van der Waals surface area contributed by atoms with Crippen LogP contribution < -0.4 is 0 Å². The lowest BCUT2D eigenvalue weighted by molar-refractivity contribution is 1.07. The van der Waals surface area contributed by atoms with Crippen molar-refractivity contribution in [2.24, 2.45) is 0 Å². The Balaban J connectivity index is 0.982. The monoisotopic (exact) mass is 732 g/mol. The summed E-state index contributed by atoms with van der Waals surface area (Å²) in [6.45, 7) is 0. The molecule has 0 aliphatic heterocycles. The molecule has 0 bridgehead atoms. The average Bonchev–Trinajstić information content (AvgIpc) is 3.82. The number of hydrogen-bond acceptors (Lipinski definition) is 4. The standard InChI is InChI=1S/C51H32N4S/c1-3-12-35(13-4-1)49-52-50(36-14-5-2-6-15-36)54-51(53-49)39-16-11-17-40(30-39)55-45-20-9-7-18-41(45)43-31-37(26-28-46(43)55)33-22-24-34(25-23-33)38-27-29-48-44(32-38)42-19-8-10-21-47(42)56-48/h1-32H. The van der Waals surface area contributed by atoms with Gasteiger partial charge in [-0.3, -0.25) is 0 Å². The molecule has 0 atom stereocenters. The van der Waals surface area contributed by atoms with E-state index < -0.39 is 0 Å². The molecule has 0 amide bonds. The highest BCUT2D eigenvalue weighted by molar-refractivity contribution is 7.25. The van der Waals surface area contributed by atoms with E-state index in [1.807, 2.05) is 72.0 Å². The maximum atomic E-state index is 5.01. The molecule has 3 aromatic heterocycles. The molecule has 0 N–H and O–H groups in total. The fourth-order valence-electron chi connectivity index (χ4n) is 7.91. The first-order valence-electron chi connectivity index (χ1n) is 18.8. The Morgan fingerprint density at radius 1 is 0.304 bits per heavy atom. The minimum Gasteiger partial charge on any atom is -0.309 e. The quantitative estimate of drug-likeness (QED) is 0.171. The Kier molecular flexibility index (Phi) is 7.64. The molecule has 262 valence electrons. The van der Waals surface area contributed by atoms with Gasteiger partial charge in [0.15, 0.2) is 17.5 Å². The lowest BCUT2D eigenvalue weighted by Crippen LogP contribution is -2.01. The molecule has 0 saturated carbocycles. The van der Waals surface area contributed by atoms with Gasteiger partial charge in [-0.1, -0.05) is 146 Å². The number of fused-ring (bicyclic) bond motifs is 6. The van der Waals surface area contributed by atoms with Crippen LogP contribution in [0.25, 0.3) is 104 Å². The molecule has 0 aliphatic rings. The predicted octanol–water partition coefficient (Wildman–Crippen LogP) is 13.7. The summed E-state index contributed by atoms with van der Waals surface area (Å²) in [7, 11) is 0. The van der Waals surface area contributed by atoms with Crippen molar-refractivity contribution in [3.63, 3.8) is 0 Å². The summed E-state index contributed by atoms with van der Waals surface area (Å²) in [6.07, 6.45) is 0. The maximum Gasteiger partial charge on any atom is 0.164 e. The third-order valence-electron chi connectivity index (χ3n) is 10.7. The minimum absolute atomic E-state index is 0.634. The van der Waals surface area contributed by atoms with E-state index >= 15 is 0 Å². The van der Waals surface area contributed by atoms with Crippen LogP contribution in [0.15, 0.2) is 194 Å². The van der Waals surface area contributed by atoms with Gasteiger partial charge in [-0.15, -0.1) is 11.3 Å². The van der Waals surface area contributed by atoms with Crippen molar-refractivity contribution in [1.29, 1.82) is 0 Å². The Morgan fingerprint density at radius 2 is 0.804 bits per heavy atom. The summed E-state index contributed by atoms with van der Waals surface area (Å²) < 4.78 is 5.01. The lowest BCUT2D eigenvalue weighted by atomic mass is 9.98. The van der Waals surface area contributed by atoms with Crippen molar-refractivity contribution in [2.45, 2.75) is 0 Å². The third kappa shape index (κ3) is 5.56. The number of hydrogen-bond donors (Lipinski definition) is 0. The summed E-state index contributed by atoms with van der Waals surface area (Å²) >= 11 is 1.86. The van der Waals surface area contributed by atoms with Crippen LogP contribution >= 0.6 is 11.3 Å². The third-order valence-corrected chi connectivity index (χ3v) is 11.8. The fraction of sp³-hybridized carbons (Fsp3) is 0. The molecule has 0 radical (unpaired) electrons. The van der Waals surface area contributed by atoms with Crippen molar-refractivity contribution in [2.75, 3.05) is 0 Å². The topological polar surface area (TPSA) is 43.6 Å². The average molecular weight is 733 g/mol. The number of nitrogens with zero attached hydrogens (tertiary/aromatic N) is 4. The predicted molar refractivity (Wildman–Crippen MR) is 234 cm³/mol. The lowest BCUT2D eigenvalue weighted by Gasteiger charge is -2.12. The van der Waals surface area contributed by atoms with Gasteiger partial charge in [-0.25, -0.2) is 15.0 Å². The number of aromatic nitrogens is 4. The zero-order chi connectivity index (χ0) is 37.0. The molecule has 0 saturated heterocycles. The SMILES string of the molecule is c1ccc(-c2nc(-c3ccccc3)nc(-c3cccc(-n4c5ccccc5c5cc(-c6ccc(-c7ccc8sc9ccccc9c8c7)cc6)ccc54)c3)n2)cc1. The fourth-order valence-corrected chi connectivity index (χ4v) is 9.00. The number of rotatable bonds is 6. The van der Waals surface area contributed by atoms with E-state index in [9.17, 15) is 0 Å². The van der Waals surface area contributed by atoms with E-state index in [-0.39, 0.29) is 0 Å². The van der Waals surface area contributed by atoms with Crippen molar-refractivity contribution in [3.8, 4) is 62.1 Å². The minimum atomic E-state index is 0.634. The second-order valence-electron chi connectivity index (χ2n) is 14.1. The van der Waals surface area contributed by atoms with Crippen LogP contribution in [0.5, 0.6) is 0 Å². The molecule has 11 rings (SSSR count). The summed E-state index contributed by atoms with van der Waals surface area (Å²) in [5, 5.41) is 5.06. The van der Waals surface area contributed by atoms with Crippen LogP contribution in [-0.2, 0) is 0 Å². The van der Waals surface area contributed by atoms with Gasteiger partial charge >= 0.3 is 0 Å². The maximum absolute atomic E-state index is 5.01. The van der Waals surface area contributed by atoms with Crippen LogP contribution in [0.2, 0.25) is 0 Å². The van der Waals surface area contributed by atoms with E-state index in [2.05, 4.69) is 138 Å². The smallest absolute Gasteiger partial charge is 0.164 e. The highest BCUT2D eigenvalue weighted by Gasteiger charge is 2.17. The van der Waals surface area contributed by atoms with Gasteiger partial charge in [-0.05, 0) is 70.8 Å². The first-order valence-corrected chi connectivity index (χ1v) is 19.6. The highest BCUT2D eigenvalue weighted by atomic mass is 32.1. The molecule has 0 fully saturated rings. The molecule has 0 aliphatic carbocycles. The van der Waals surface area contributed by atoms with Gasteiger partial charge in [0.25, 0.3) is 0 Å². The van der Waals surface area contributed by atoms with Crippen molar-refractivity contribution in [3.05, 3.63) is 194 Å². The summed E-state index contributed by atoms with van der Waals surface area (Å²) in [4.78, 5) is 14.9. The van der Waals surface area contributed by atoms with Crippen molar-refractivity contribution < 1.29 is 0 Å². The normalized spacial score (nSPS) is 11.6. The Hall–Kier alpha value is -7.21. The van der Waals surface area contributed by atoms with Crippen LogP contribution in [0.4, 0.5) is 0 Å². The molecule has 3 heterocycles. The first-order chi connectivity index (χ1) is 27.7. The zero-order valence-corrected chi connectivity index (χ0v) is 31.0. The summed E-state index contributed by atoms with van der Waals surface area (Å²) in [5.74, 6) is 1.93. The van der Waals surface area contributed by atoms with Crippen LogP contribution in [0, 0.1) is 0 Å². The van der Waals surface area contributed by atoms with Gasteiger partial charge in [-0.2, -0.15) is 0 Å². The number of thiophene rings is 1.